The summed E-state index contributed by atoms with van der Waals surface area (Å²) in [5.74, 6) is 0.0641. The standard InChI is InChI=1S/C19H22N2O/c1-14(19(22)21-16-10-3-2-4-11-16)20-18-13-7-9-15-8-5-6-12-17(15)18/h2-6,8,10-12,14,18,20H,7,9,13H2,1H3,(H,21,22)/p+1/t14-,18+/m0/s1. The van der Waals surface area contributed by atoms with Crippen LogP contribution in [0.4, 0.5) is 5.69 Å². The highest BCUT2D eigenvalue weighted by Gasteiger charge is 2.27. The van der Waals surface area contributed by atoms with Gasteiger partial charge in [0.2, 0.25) is 0 Å². The molecular formula is C19H23N2O+. The quantitative estimate of drug-likeness (QED) is 0.895. The van der Waals surface area contributed by atoms with Gasteiger partial charge in [0, 0.05) is 17.7 Å². The molecule has 1 amide bonds. The lowest BCUT2D eigenvalue weighted by Gasteiger charge is -2.26. The number of carbonyl (C=O) groups excluding carboxylic acids is 1. The van der Waals surface area contributed by atoms with Crippen LogP contribution >= 0.6 is 0 Å². The van der Waals surface area contributed by atoms with E-state index < -0.39 is 0 Å². The van der Waals surface area contributed by atoms with Crippen LogP contribution in [0.3, 0.4) is 0 Å². The van der Waals surface area contributed by atoms with Crippen LogP contribution in [-0.2, 0) is 11.2 Å². The number of carbonyl (C=O) groups is 1. The van der Waals surface area contributed by atoms with Crippen LogP contribution in [0.15, 0.2) is 54.6 Å². The van der Waals surface area contributed by atoms with Gasteiger partial charge in [-0.15, -0.1) is 0 Å². The molecule has 0 radical (unpaired) electrons. The van der Waals surface area contributed by atoms with Gasteiger partial charge in [0.15, 0.2) is 6.04 Å². The Balaban J connectivity index is 1.65. The van der Waals surface area contributed by atoms with Crippen molar-refractivity contribution in [3.8, 4) is 0 Å². The molecule has 2 aromatic carbocycles. The van der Waals surface area contributed by atoms with E-state index in [1.165, 1.54) is 17.5 Å². The molecule has 1 aliphatic rings. The summed E-state index contributed by atoms with van der Waals surface area (Å²) in [6.45, 7) is 1.98. The lowest BCUT2D eigenvalue weighted by atomic mass is 9.87. The number of aryl methyl sites for hydroxylation is 1. The molecule has 3 N–H and O–H groups in total. The number of quaternary nitrogens is 1. The van der Waals surface area contributed by atoms with Crippen molar-refractivity contribution in [1.82, 2.24) is 0 Å². The Morgan fingerprint density at radius 3 is 2.68 bits per heavy atom. The second-order valence-corrected chi connectivity index (χ2v) is 6.03. The van der Waals surface area contributed by atoms with E-state index in [-0.39, 0.29) is 11.9 Å². The molecule has 0 saturated carbocycles. The third kappa shape index (κ3) is 3.37. The van der Waals surface area contributed by atoms with Gasteiger partial charge in [-0.1, -0.05) is 42.5 Å². The fourth-order valence-electron chi connectivity index (χ4n) is 3.20. The van der Waals surface area contributed by atoms with Crippen molar-refractivity contribution in [2.75, 3.05) is 5.32 Å². The highest BCUT2D eigenvalue weighted by molar-refractivity contribution is 5.93. The molecule has 0 saturated heterocycles. The summed E-state index contributed by atoms with van der Waals surface area (Å²) in [7, 11) is 0. The molecule has 3 heteroatoms. The highest BCUT2D eigenvalue weighted by Crippen LogP contribution is 2.26. The molecule has 0 fully saturated rings. The molecule has 2 atom stereocenters. The first kappa shape index (κ1) is 14.8. The van der Waals surface area contributed by atoms with E-state index >= 15 is 0 Å². The smallest absolute Gasteiger partial charge is 0.282 e. The van der Waals surface area contributed by atoms with Gasteiger partial charge in [0.1, 0.15) is 6.04 Å². The van der Waals surface area contributed by atoms with Crippen LogP contribution in [0.25, 0.3) is 0 Å². The number of nitrogens with two attached hydrogens (primary N) is 1. The van der Waals surface area contributed by atoms with Crippen molar-refractivity contribution < 1.29 is 10.1 Å². The molecule has 0 spiro atoms. The van der Waals surface area contributed by atoms with Crippen LogP contribution in [0.5, 0.6) is 0 Å². The van der Waals surface area contributed by atoms with Crippen molar-refractivity contribution in [1.29, 1.82) is 0 Å². The van der Waals surface area contributed by atoms with Gasteiger partial charge in [-0.2, -0.15) is 0 Å². The van der Waals surface area contributed by atoms with Gasteiger partial charge in [-0.3, -0.25) is 4.79 Å². The minimum Gasteiger partial charge on any atom is -0.330 e. The minimum atomic E-state index is -0.101. The molecule has 0 aliphatic heterocycles. The highest BCUT2D eigenvalue weighted by atomic mass is 16.2. The molecule has 0 aromatic heterocycles. The monoisotopic (exact) mass is 295 g/mol. The summed E-state index contributed by atoms with van der Waals surface area (Å²) < 4.78 is 0. The van der Waals surface area contributed by atoms with Crippen molar-refractivity contribution in [2.45, 2.75) is 38.3 Å². The Morgan fingerprint density at radius 2 is 1.86 bits per heavy atom. The van der Waals surface area contributed by atoms with Crippen LogP contribution in [0, 0.1) is 0 Å². The molecule has 22 heavy (non-hydrogen) atoms. The first-order chi connectivity index (χ1) is 10.7. The maximum atomic E-state index is 12.4. The lowest BCUT2D eigenvalue weighted by Crippen LogP contribution is -2.92. The second kappa shape index (κ2) is 6.75. The number of benzene rings is 2. The Labute approximate surface area is 131 Å². The van der Waals surface area contributed by atoms with Crippen LogP contribution < -0.4 is 10.6 Å². The minimum absolute atomic E-state index is 0.0641. The molecule has 0 heterocycles. The van der Waals surface area contributed by atoms with Crippen molar-refractivity contribution >= 4 is 11.6 Å². The second-order valence-electron chi connectivity index (χ2n) is 6.03. The van der Waals surface area contributed by atoms with E-state index in [2.05, 4.69) is 34.9 Å². The van der Waals surface area contributed by atoms with Gasteiger partial charge in [0.25, 0.3) is 5.91 Å². The number of para-hydroxylation sites is 1. The van der Waals surface area contributed by atoms with E-state index in [1.54, 1.807) is 0 Å². The van der Waals surface area contributed by atoms with E-state index in [9.17, 15) is 4.79 Å². The number of nitrogens with one attached hydrogen (secondary N) is 1. The van der Waals surface area contributed by atoms with Crippen molar-refractivity contribution in [3.63, 3.8) is 0 Å². The van der Waals surface area contributed by atoms with Crippen LogP contribution in [0.2, 0.25) is 0 Å². The lowest BCUT2D eigenvalue weighted by molar-refractivity contribution is -0.714. The van der Waals surface area contributed by atoms with E-state index in [0.29, 0.717) is 6.04 Å². The SMILES string of the molecule is C[C@H]([NH2+][C@@H]1CCCc2ccccc21)C(=O)Nc1ccccc1. The Bertz CT molecular complexity index is 639. The predicted molar refractivity (Wildman–Crippen MR) is 88.6 cm³/mol. The molecule has 2 aromatic rings. The Kier molecular flexibility index (Phi) is 4.54. The molecule has 114 valence electrons. The Hall–Kier alpha value is -2.13. The molecular weight excluding hydrogens is 272 g/mol. The summed E-state index contributed by atoms with van der Waals surface area (Å²) in [6, 6.07) is 18.6. The molecule has 1 aliphatic carbocycles. The number of hydrogen-bond donors (Lipinski definition) is 2. The predicted octanol–water partition coefficient (Wildman–Crippen LogP) is 2.65. The summed E-state index contributed by atoms with van der Waals surface area (Å²) in [5.41, 5.74) is 3.69. The third-order valence-corrected chi connectivity index (χ3v) is 4.39. The zero-order valence-electron chi connectivity index (χ0n) is 13.0. The zero-order valence-corrected chi connectivity index (χ0v) is 13.0. The maximum absolute atomic E-state index is 12.4. The first-order valence-electron chi connectivity index (χ1n) is 8.03. The van der Waals surface area contributed by atoms with Gasteiger partial charge >= 0.3 is 0 Å². The maximum Gasteiger partial charge on any atom is 0.282 e. The third-order valence-electron chi connectivity index (χ3n) is 4.39. The topological polar surface area (TPSA) is 45.7 Å². The molecule has 0 bridgehead atoms. The fraction of sp³-hybridized carbons (Fsp3) is 0.316. The molecule has 3 rings (SSSR count). The number of rotatable bonds is 4. The summed E-state index contributed by atoms with van der Waals surface area (Å²) in [5, 5.41) is 5.19. The summed E-state index contributed by atoms with van der Waals surface area (Å²) >= 11 is 0. The average Bonchev–Trinajstić information content (AvgIpc) is 2.56. The van der Waals surface area contributed by atoms with E-state index in [0.717, 1.165) is 18.5 Å². The molecule has 0 unspecified atom stereocenters. The zero-order chi connectivity index (χ0) is 15.4. The first-order valence-corrected chi connectivity index (χ1v) is 8.03. The fourth-order valence-corrected chi connectivity index (χ4v) is 3.20. The van der Waals surface area contributed by atoms with Gasteiger partial charge in [-0.05, 0) is 37.5 Å². The van der Waals surface area contributed by atoms with Gasteiger partial charge in [0.05, 0.1) is 0 Å². The largest absolute Gasteiger partial charge is 0.330 e. The van der Waals surface area contributed by atoms with Gasteiger partial charge < -0.3 is 10.6 Å². The average molecular weight is 295 g/mol. The van der Waals surface area contributed by atoms with E-state index in [4.69, 9.17) is 0 Å². The number of anilines is 1. The van der Waals surface area contributed by atoms with Crippen molar-refractivity contribution in [3.05, 3.63) is 65.7 Å². The number of amides is 1. The summed E-state index contributed by atoms with van der Waals surface area (Å²) in [6.07, 6.45) is 3.50. The van der Waals surface area contributed by atoms with Crippen LogP contribution in [0.1, 0.15) is 36.9 Å². The molecule has 3 nitrogen and oxygen atoms in total. The van der Waals surface area contributed by atoms with Crippen molar-refractivity contribution in [2.24, 2.45) is 0 Å². The van der Waals surface area contributed by atoms with Gasteiger partial charge in [-0.25, -0.2) is 0 Å². The number of hydrogen-bond acceptors (Lipinski definition) is 1. The van der Waals surface area contributed by atoms with E-state index in [1.807, 2.05) is 37.3 Å². The summed E-state index contributed by atoms with van der Waals surface area (Å²) in [4.78, 5) is 12.4. The Morgan fingerprint density at radius 1 is 1.14 bits per heavy atom. The normalized spacial score (nSPS) is 18.3. The number of fused-ring (bicyclic) bond motifs is 1. The van der Waals surface area contributed by atoms with Crippen LogP contribution in [-0.4, -0.2) is 11.9 Å².